The molecule has 0 radical (unpaired) electrons. The van der Waals surface area contributed by atoms with Crippen molar-refractivity contribution in [2.45, 2.75) is 29.9 Å². The van der Waals surface area contributed by atoms with Crippen molar-refractivity contribution in [2.24, 2.45) is 5.92 Å². The Kier molecular flexibility index (Phi) is 7.63. The van der Waals surface area contributed by atoms with E-state index in [0.29, 0.717) is 42.3 Å². The lowest BCUT2D eigenvalue weighted by molar-refractivity contribution is -0.123. The van der Waals surface area contributed by atoms with Gasteiger partial charge in [0.2, 0.25) is 0 Å². The zero-order valence-corrected chi connectivity index (χ0v) is 24.9. The number of anilines is 1. The molecule has 10 heteroatoms. The first-order valence-corrected chi connectivity index (χ1v) is 16.2. The van der Waals surface area contributed by atoms with E-state index in [2.05, 4.69) is 0 Å². The molecule has 0 saturated carbocycles. The van der Waals surface area contributed by atoms with Gasteiger partial charge in [0.1, 0.15) is 15.7 Å². The Balaban J connectivity index is 1.20. The minimum absolute atomic E-state index is 0.00972. The van der Waals surface area contributed by atoms with Crippen LogP contribution in [0.4, 0.5) is 5.69 Å². The number of methoxy groups -OCH3 is 1. The largest absolute Gasteiger partial charge is 0.497 e. The number of hydrogen-bond acceptors (Lipinski definition) is 6. The summed E-state index contributed by atoms with van der Waals surface area (Å²) in [6.07, 6.45) is 2.15. The lowest BCUT2D eigenvalue weighted by atomic mass is 9.89. The van der Waals surface area contributed by atoms with Crippen LogP contribution in [0.25, 0.3) is 10.8 Å². The minimum Gasteiger partial charge on any atom is -0.497 e. The highest BCUT2D eigenvalue weighted by Gasteiger charge is 2.35. The third-order valence-electron chi connectivity index (χ3n) is 8.01. The first kappa shape index (κ1) is 27.9. The van der Waals surface area contributed by atoms with Crippen LogP contribution in [0.1, 0.15) is 34.3 Å². The number of Topliss-reactive ketones (excluding diaryl/α,β-unsaturated/α-hetero) is 1. The molecule has 1 unspecified atom stereocenters. The Morgan fingerprint density at radius 3 is 2.61 bits per heavy atom. The number of sulfonamides is 1. The number of hydrogen-bond donors (Lipinski definition) is 0. The average Bonchev–Trinajstić information content (AvgIpc) is 3.55. The molecule has 1 aromatic heterocycles. The van der Waals surface area contributed by atoms with Gasteiger partial charge in [-0.25, -0.2) is 8.42 Å². The van der Waals surface area contributed by atoms with Gasteiger partial charge in [-0.1, -0.05) is 41.9 Å². The maximum atomic E-state index is 13.5. The van der Waals surface area contributed by atoms with Crippen LogP contribution in [-0.4, -0.2) is 51.2 Å². The maximum Gasteiger partial charge on any atom is 0.259 e. The first-order chi connectivity index (χ1) is 19.8. The van der Waals surface area contributed by atoms with E-state index < -0.39 is 10.0 Å². The van der Waals surface area contributed by atoms with E-state index in [-0.39, 0.29) is 34.8 Å². The van der Waals surface area contributed by atoms with Gasteiger partial charge < -0.3 is 9.64 Å². The van der Waals surface area contributed by atoms with Crippen molar-refractivity contribution in [2.75, 3.05) is 31.6 Å². The second-order valence-electron chi connectivity index (χ2n) is 10.4. The molecule has 3 aromatic carbocycles. The van der Waals surface area contributed by atoms with E-state index in [4.69, 9.17) is 16.3 Å². The summed E-state index contributed by atoms with van der Waals surface area (Å²) < 4.78 is 33.5. The van der Waals surface area contributed by atoms with E-state index in [0.717, 1.165) is 44.7 Å². The van der Waals surface area contributed by atoms with E-state index in [1.54, 1.807) is 13.2 Å². The molecule has 212 valence electrons. The molecule has 1 fully saturated rings. The van der Waals surface area contributed by atoms with E-state index in [1.807, 2.05) is 59.5 Å². The van der Waals surface area contributed by atoms with Gasteiger partial charge in [-0.05, 0) is 72.2 Å². The summed E-state index contributed by atoms with van der Waals surface area (Å²) in [4.78, 5) is 28.7. The van der Waals surface area contributed by atoms with Gasteiger partial charge in [-0.3, -0.25) is 9.59 Å². The van der Waals surface area contributed by atoms with Crippen molar-refractivity contribution in [1.29, 1.82) is 0 Å². The first-order valence-electron chi connectivity index (χ1n) is 13.5. The van der Waals surface area contributed by atoms with Crippen LogP contribution in [0.5, 0.6) is 5.75 Å². The lowest BCUT2D eigenvalue weighted by Crippen LogP contribution is -2.42. The number of ether oxygens (including phenoxy) is 1. The second kappa shape index (κ2) is 11.2. The summed E-state index contributed by atoms with van der Waals surface area (Å²) in [6, 6.07) is 20.5. The number of carbonyl (C=O) groups is 2. The van der Waals surface area contributed by atoms with Crippen molar-refractivity contribution in [3.63, 3.8) is 0 Å². The Labute approximate surface area is 248 Å². The van der Waals surface area contributed by atoms with Crippen LogP contribution in [0.3, 0.4) is 0 Å². The third kappa shape index (κ3) is 5.28. The summed E-state index contributed by atoms with van der Waals surface area (Å²) >= 11 is 7.00. The highest BCUT2D eigenvalue weighted by molar-refractivity contribution is 7.91. The van der Waals surface area contributed by atoms with Gasteiger partial charge in [0.05, 0.1) is 17.1 Å². The number of ketones is 1. The fourth-order valence-electron chi connectivity index (χ4n) is 5.83. The molecule has 3 heterocycles. The molecule has 0 aliphatic carbocycles. The van der Waals surface area contributed by atoms with Crippen molar-refractivity contribution in [3.05, 3.63) is 87.8 Å². The van der Waals surface area contributed by atoms with Gasteiger partial charge in [0.15, 0.2) is 0 Å². The molecule has 0 N–H and O–H groups in total. The molecule has 4 aromatic rings. The zero-order chi connectivity index (χ0) is 28.7. The summed E-state index contributed by atoms with van der Waals surface area (Å²) in [5.74, 6) is 0.375. The average molecular weight is 609 g/mol. The van der Waals surface area contributed by atoms with Crippen molar-refractivity contribution in [3.8, 4) is 5.75 Å². The molecular formula is C31H29ClN2O5S2. The standard InChI is InChI=1S/C31H29ClN2O5S2/c1-39-23-10-7-20(8-11-23)15-17-34-26-12-9-21(24-5-2-6-25(30(24)26)31(34)36)18-27(35)22-4-3-16-33(19-22)41(37,38)29-14-13-28(32)40-29/h2,5-14,22H,3-4,15-19H2,1H3. The molecule has 2 aliphatic heterocycles. The predicted molar refractivity (Wildman–Crippen MR) is 162 cm³/mol. The molecule has 7 nitrogen and oxygen atoms in total. The number of amides is 1. The van der Waals surface area contributed by atoms with Crippen molar-refractivity contribution < 1.29 is 22.7 Å². The molecule has 1 atom stereocenters. The topological polar surface area (TPSA) is 84.0 Å². The Morgan fingerprint density at radius 2 is 1.88 bits per heavy atom. The second-order valence-corrected chi connectivity index (χ2v) is 14.3. The van der Waals surface area contributed by atoms with Gasteiger partial charge in [-0.2, -0.15) is 4.31 Å². The SMILES string of the molecule is COc1ccc(CCN2C(=O)c3cccc4c(CC(=O)C5CCCN(S(=O)(=O)c6ccc(Cl)s6)C5)ccc2c34)cc1. The number of nitrogens with zero attached hydrogens (tertiary/aromatic N) is 2. The number of rotatable bonds is 9. The maximum absolute atomic E-state index is 13.5. The van der Waals surface area contributed by atoms with Crippen LogP contribution >= 0.6 is 22.9 Å². The van der Waals surface area contributed by atoms with Crippen molar-refractivity contribution >= 4 is 61.1 Å². The number of benzene rings is 3. The van der Waals surface area contributed by atoms with E-state index in [9.17, 15) is 18.0 Å². The van der Waals surface area contributed by atoms with Gasteiger partial charge in [-0.15, -0.1) is 11.3 Å². The highest BCUT2D eigenvalue weighted by atomic mass is 35.5. The van der Waals surface area contributed by atoms with Crippen LogP contribution < -0.4 is 9.64 Å². The summed E-state index contributed by atoms with van der Waals surface area (Å²) in [6.45, 7) is 1.09. The Morgan fingerprint density at radius 1 is 1.07 bits per heavy atom. The molecule has 1 amide bonds. The van der Waals surface area contributed by atoms with Gasteiger partial charge in [0.25, 0.3) is 15.9 Å². The van der Waals surface area contributed by atoms with Crippen LogP contribution in [0, 0.1) is 5.92 Å². The van der Waals surface area contributed by atoms with E-state index in [1.165, 1.54) is 10.4 Å². The third-order valence-corrected chi connectivity index (χ3v) is 11.6. The van der Waals surface area contributed by atoms with Crippen LogP contribution in [-0.2, 0) is 27.7 Å². The van der Waals surface area contributed by atoms with E-state index >= 15 is 0 Å². The summed E-state index contributed by atoms with van der Waals surface area (Å²) in [5, 5.41) is 1.77. The number of piperidine rings is 1. The van der Waals surface area contributed by atoms with Crippen LogP contribution in [0.2, 0.25) is 4.34 Å². The van der Waals surface area contributed by atoms with Gasteiger partial charge >= 0.3 is 0 Å². The quantitative estimate of drug-likeness (QED) is 0.233. The smallest absolute Gasteiger partial charge is 0.259 e. The molecule has 6 rings (SSSR count). The summed E-state index contributed by atoms with van der Waals surface area (Å²) in [5.41, 5.74) is 3.46. The zero-order valence-electron chi connectivity index (χ0n) is 22.5. The minimum atomic E-state index is -3.69. The molecule has 0 spiro atoms. The highest BCUT2D eigenvalue weighted by Crippen LogP contribution is 2.39. The van der Waals surface area contributed by atoms with Crippen LogP contribution in [0.15, 0.2) is 70.9 Å². The fourth-order valence-corrected chi connectivity index (χ4v) is 9.00. The number of halogens is 1. The Bertz CT molecular complexity index is 1750. The summed E-state index contributed by atoms with van der Waals surface area (Å²) in [7, 11) is -2.06. The van der Waals surface area contributed by atoms with Gasteiger partial charge in [0, 0.05) is 42.9 Å². The molecule has 41 heavy (non-hydrogen) atoms. The molecular weight excluding hydrogens is 580 g/mol. The molecule has 1 saturated heterocycles. The lowest BCUT2D eigenvalue weighted by Gasteiger charge is -2.31. The Hall–Kier alpha value is -3.24. The number of carbonyl (C=O) groups excluding carboxylic acids is 2. The number of thiophene rings is 1. The fraction of sp³-hybridized carbons (Fsp3) is 0.290. The van der Waals surface area contributed by atoms with Crippen molar-refractivity contribution in [1.82, 2.24) is 4.31 Å². The normalized spacial score (nSPS) is 17.4. The monoisotopic (exact) mass is 608 g/mol. The molecule has 0 bridgehead atoms. The molecule has 2 aliphatic rings. The predicted octanol–water partition coefficient (Wildman–Crippen LogP) is 5.98.